The van der Waals surface area contributed by atoms with Crippen LogP contribution in [0.15, 0.2) is 18.2 Å². The summed E-state index contributed by atoms with van der Waals surface area (Å²) in [5.41, 5.74) is 6.80. The van der Waals surface area contributed by atoms with Crippen molar-refractivity contribution in [2.24, 2.45) is 0 Å². The third-order valence-electron chi connectivity index (χ3n) is 3.32. The van der Waals surface area contributed by atoms with Crippen LogP contribution in [0.1, 0.15) is 55.8 Å². The molecule has 0 saturated carbocycles. The van der Waals surface area contributed by atoms with E-state index in [2.05, 4.69) is 12.2 Å². The summed E-state index contributed by atoms with van der Waals surface area (Å²) in [7, 11) is 1.58. The van der Waals surface area contributed by atoms with Crippen LogP contribution in [0.5, 0.6) is 5.75 Å². The first-order valence-corrected chi connectivity index (χ1v) is 7.40. The molecule has 0 aliphatic rings. The van der Waals surface area contributed by atoms with Crippen molar-refractivity contribution in [1.82, 2.24) is 5.32 Å². The van der Waals surface area contributed by atoms with Gasteiger partial charge in [0.15, 0.2) is 0 Å². The number of methoxy groups -OCH3 is 1. The predicted molar refractivity (Wildman–Crippen MR) is 83.1 cm³/mol. The Labute approximate surface area is 121 Å². The second kappa shape index (κ2) is 9.23. The van der Waals surface area contributed by atoms with Gasteiger partial charge in [0.25, 0.3) is 5.91 Å². The maximum Gasteiger partial charge on any atom is 0.253 e. The Morgan fingerprint density at radius 2 is 1.90 bits per heavy atom. The van der Waals surface area contributed by atoms with Crippen molar-refractivity contribution in [3.63, 3.8) is 0 Å². The number of nitrogens with two attached hydrogens (primary N) is 1. The molecule has 0 aliphatic carbocycles. The Morgan fingerprint density at radius 1 is 1.20 bits per heavy atom. The Hall–Kier alpha value is -1.71. The van der Waals surface area contributed by atoms with Gasteiger partial charge in [0.2, 0.25) is 0 Å². The average Bonchev–Trinajstić information content (AvgIpc) is 2.45. The third-order valence-corrected chi connectivity index (χ3v) is 3.32. The largest absolute Gasteiger partial charge is 0.497 e. The normalized spacial score (nSPS) is 10.3. The van der Waals surface area contributed by atoms with E-state index in [-0.39, 0.29) is 5.91 Å². The smallest absolute Gasteiger partial charge is 0.253 e. The molecule has 112 valence electrons. The van der Waals surface area contributed by atoms with Crippen molar-refractivity contribution in [3.8, 4) is 5.75 Å². The number of carbonyl (C=O) groups excluding carboxylic acids is 1. The lowest BCUT2D eigenvalue weighted by molar-refractivity contribution is 0.0954. The van der Waals surface area contributed by atoms with Crippen LogP contribution in [-0.4, -0.2) is 19.6 Å². The highest BCUT2D eigenvalue weighted by Gasteiger charge is 2.09. The van der Waals surface area contributed by atoms with Gasteiger partial charge in [0, 0.05) is 18.3 Å². The summed E-state index contributed by atoms with van der Waals surface area (Å²) in [5.74, 6) is 0.550. The fourth-order valence-electron chi connectivity index (χ4n) is 2.08. The molecule has 1 aromatic carbocycles. The summed E-state index contributed by atoms with van der Waals surface area (Å²) in [5, 5.41) is 2.91. The van der Waals surface area contributed by atoms with Crippen LogP contribution < -0.4 is 15.8 Å². The number of nitrogens with one attached hydrogen (secondary N) is 1. The molecule has 0 radical (unpaired) electrons. The van der Waals surface area contributed by atoms with E-state index < -0.39 is 0 Å². The summed E-state index contributed by atoms with van der Waals surface area (Å²) >= 11 is 0. The number of anilines is 1. The van der Waals surface area contributed by atoms with E-state index in [9.17, 15) is 4.79 Å². The molecule has 0 atom stereocenters. The van der Waals surface area contributed by atoms with Gasteiger partial charge in [-0.05, 0) is 18.6 Å². The van der Waals surface area contributed by atoms with Gasteiger partial charge in [-0.15, -0.1) is 0 Å². The molecule has 0 aromatic heterocycles. The summed E-state index contributed by atoms with van der Waals surface area (Å²) in [6.07, 6.45) is 7.27. The molecule has 0 aliphatic heterocycles. The first kappa shape index (κ1) is 16.3. The lowest BCUT2D eigenvalue weighted by Gasteiger charge is -2.09. The van der Waals surface area contributed by atoms with Crippen molar-refractivity contribution in [1.29, 1.82) is 0 Å². The molecular weight excluding hydrogens is 252 g/mol. The second-order valence-electron chi connectivity index (χ2n) is 4.98. The highest BCUT2D eigenvalue weighted by Crippen LogP contribution is 2.19. The van der Waals surface area contributed by atoms with E-state index in [0.29, 0.717) is 23.5 Å². The number of unbranched alkanes of at least 4 members (excludes halogenated alkanes) is 5. The number of hydrogen-bond acceptors (Lipinski definition) is 3. The van der Waals surface area contributed by atoms with Crippen molar-refractivity contribution in [2.75, 3.05) is 19.4 Å². The number of hydrogen-bond donors (Lipinski definition) is 2. The van der Waals surface area contributed by atoms with Crippen molar-refractivity contribution >= 4 is 11.6 Å². The Morgan fingerprint density at radius 3 is 2.55 bits per heavy atom. The van der Waals surface area contributed by atoms with Gasteiger partial charge in [-0.25, -0.2) is 0 Å². The minimum atomic E-state index is -0.112. The molecule has 0 saturated heterocycles. The summed E-state index contributed by atoms with van der Waals surface area (Å²) in [6, 6.07) is 5.11. The zero-order chi connectivity index (χ0) is 14.8. The number of nitrogen functional groups attached to an aromatic ring is 1. The van der Waals surface area contributed by atoms with Crippen molar-refractivity contribution < 1.29 is 9.53 Å². The van der Waals surface area contributed by atoms with Gasteiger partial charge in [0.05, 0.1) is 12.7 Å². The monoisotopic (exact) mass is 278 g/mol. The zero-order valence-corrected chi connectivity index (χ0v) is 12.6. The Kier molecular flexibility index (Phi) is 7.55. The van der Waals surface area contributed by atoms with Crippen LogP contribution in [0.2, 0.25) is 0 Å². The number of rotatable bonds is 9. The molecule has 0 spiro atoms. The van der Waals surface area contributed by atoms with Crippen LogP contribution >= 0.6 is 0 Å². The third kappa shape index (κ3) is 5.51. The summed E-state index contributed by atoms with van der Waals surface area (Å²) in [6.45, 7) is 2.91. The van der Waals surface area contributed by atoms with E-state index in [1.165, 1.54) is 32.1 Å². The molecule has 3 N–H and O–H groups in total. The molecule has 0 bridgehead atoms. The number of benzene rings is 1. The standard InChI is InChI=1S/C16H26N2O2/c1-3-4-5-6-7-8-11-18-16(19)14-10-9-13(20-2)12-15(14)17/h9-10,12H,3-8,11,17H2,1-2H3,(H,18,19). The fraction of sp³-hybridized carbons (Fsp3) is 0.562. The molecule has 20 heavy (non-hydrogen) atoms. The van der Waals surface area contributed by atoms with Crippen LogP contribution in [-0.2, 0) is 0 Å². The van der Waals surface area contributed by atoms with E-state index in [4.69, 9.17) is 10.5 Å². The Bertz CT molecular complexity index is 419. The lowest BCUT2D eigenvalue weighted by Crippen LogP contribution is -2.25. The molecular formula is C16H26N2O2. The summed E-state index contributed by atoms with van der Waals surface area (Å²) < 4.78 is 5.06. The fourth-order valence-corrected chi connectivity index (χ4v) is 2.08. The van der Waals surface area contributed by atoms with Gasteiger partial charge in [-0.2, -0.15) is 0 Å². The van der Waals surface area contributed by atoms with Crippen molar-refractivity contribution in [2.45, 2.75) is 45.4 Å². The Balaban J connectivity index is 2.29. The predicted octanol–water partition coefficient (Wildman–Crippen LogP) is 3.37. The van der Waals surface area contributed by atoms with Gasteiger partial charge in [0.1, 0.15) is 5.75 Å². The van der Waals surface area contributed by atoms with Gasteiger partial charge in [-0.3, -0.25) is 4.79 Å². The highest BCUT2D eigenvalue weighted by molar-refractivity contribution is 5.99. The maximum absolute atomic E-state index is 12.0. The molecule has 4 nitrogen and oxygen atoms in total. The molecule has 0 heterocycles. The molecule has 1 rings (SSSR count). The van der Waals surface area contributed by atoms with E-state index in [0.717, 1.165) is 6.42 Å². The van der Waals surface area contributed by atoms with Gasteiger partial charge >= 0.3 is 0 Å². The van der Waals surface area contributed by atoms with Gasteiger partial charge in [-0.1, -0.05) is 39.0 Å². The molecule has 0 fully saturated rings. The number of amides is 1. The number of ether oxygens (including phenoxy) is 1. The van der Waals surface area contributed by atoms with E-state index in [1.54, 1.807) is 25.3 Å². The van der Waals surface area contributed by atoms with Gasteiger partial charge < -0.3 is 15.8 Å². The second-order valence-corrected chi connectivity index (χ2v) is 4.98. The minimum Gasteiger partial charge on any atom is -0.497 e. The first-order chi connectivity index (χ1) is 9.69. The average molecular weight is 278 g/mol. The summed E-state index contributed by atoms with van der Waals surface area (Å²) in [4.78, 5) is 12.0. The van der Waals surface area contributed by atoms with E-state index >= 15 is 0 Å². The highest BCUT2D eigenvalue weighted by atomic mass is 16.5. The lowest BCUT2D eigenvalue weighted by atomic mass is 10.1. The quantitative estimate of drug-likeness (QED) is 0.537. The molecule has 0 unspecified atom stereocenters. The van der Waals surface area contributed by atoms with Crippen LogP contribution in [0.4, 0.5) is 5.69 Å². The van der Waals surface area contributed by atoms with Crippen LogP contribution in [0.25, 0.3) is 0 Å². The van der Waals surface area contributed by atoms with Crippen LogP contribution in [0, 0.1) is 0 Å². The topological polar surface area (TPSA) is 64.3 Å². The molecule has 1 amide bonds. The molecule has 1 aromatic rings. The maximum atomic E-state index is 12.0. The first-order valence-electron chi connectivity index (χ1n) is 7.40. The van der Waals surface area contributed by atoms with Crippen LogP contribution in [0.3, 0.4) is 0 Å². The number of carbonyl (C=O) groups is 1. The zero-order valence-electron chi connectivity index (χ0n) is 12.6. The molecule has 4 heteroatoms. The van der Waals surface area contributed by atoms with Crippen molar-refractivity contribution in [3.05, 3.63) is 23.8 Å². The minimum absolute atomic E-state index is 0.112. The SMILES string of the molecule is CCCCCCCCNC(=O)c1ccc(OC)cc1N. The van der Waals surface area contributed by atoms with E-state index in [1.807, 2.05) is 0 Å².